The third kappa shape index (κ3) is 2.58. The summed E-state index contributed by atoms with van der Waals surface area (Å²) in [5.74, 6) is 0.615. The smallest absolute Gasteiger partial charge is 0.133 e. The molecule has 104 valence electrons. The van der Waals surface area contributed by atoms with Gasteiger partial charge in [0.05, 0.1) is 0 Å². The van der Waals surface area contributed by atoms with Crippen molar-refractivity contribution in [3.63, 3.8) is 0 Å². The normalized spacial score (nSPS) is 24.6. The van der Waals surface area contributed by atoms with Crippen LogP contribution in [0.1, 0.15) is 36.8 Å². The summed E-state index contributed by atoms with van der Waals surface area (Å²) >= 11 is 6.12. The van der Waals surface area contributed by atoms with E-state index in [0.717, 1.165) is 18.5 Å². The molecule has 1 heterocycles. The van der Waals surface area contributed by atoms with Crippen molar-refractivity contribution in [3.8, 4) is 0 Å². The summed E-state index contributed by atoms with van der Waals surface area (Å²) in [6.45, 7) is 3.03. The number of nitrogens with zero attached hydrogens (tertiary/aromatic N) is 1. The molecule has 2 nitrogen and oxygen atoms in total. The van der Waals surface area contributed by atoms with Crippen LogP contribution in [0.25, 0.3) is 0 Å². The standard InChI is InChI=1S/C17H19ClN2/c1-2-17(11-15(17)13-7-4-3-5-8-13)20-12-14-9-6-10-19-16(14)18/h3-10,15,20H,2,11-12H2,1H3/t15-,17+/m0/s1. The molecule has 1 aromatic carbocycles. The van der Waals surface area contributed by atoms with Gasteiger partial charge >= 0.3 is 0 Å². The molecule has 0 bridgehead atoms. The molecular weight excluding hydrogens is 268 g/mol. The first kappa shape index (κ1) is 13.6. The fourth-order valence-electron chi connectivity index (χ4n) is 2.96. The van der Waals surface area contributed by atoms with Crippen molar-refractivity contribution < 1.29 is 0 Å². The first-order chi connectivity index (χ1) is 9.75. The Morgan fingerprint density at radius 2 is 2.05 bits per heavy atom. The zero-order valence-corrected chi connectivity index (χ0v) is 12.4. The molecule has 1 fully saturated rings. The molecule has 0 aliphatic heterocycles. The molecule has 2 aromatic rings. The third-order valence-corrected chi connectivity index (χ3v) is 4.72. The Balaban J connectivity index is 1.69. The molecule has 0 spiro atoms. The van der Waals surface area contributed by atoms with Crippen LogP contribution in [0.2, 0.25) is 5.15 Å². The van der Waals surface area contributed by atoms with Gasteiger partial charge in [-0.3, -0.25) is 0 Å². The molecule has 1 aliphatic carbocycles. The van der Waals surface area contributed by atoms with Crippen LogP contribution in [0, 0.1) is 0 Å². The molecule has 0 amide bonds. The lowest BCUT2D eigenvalue weighted by molar-refractivity contribution is 0.467. The van der Waals surface area contributed by atoms with Crippen LogP contribution in [0.5, 0.6) is 0 Å². The molecule has 2 atom stereocenters. The SMILES string of the molecule is CC[C@@]1(NCc2cccnc2Cl)C[C@H]1c1ccccc1. The summed E-state index contributed by atoms with van der Waals surface area (Å²) in [5, 5.41) is 4.30. The zero-order valence-electron chi connectivity index (χ0n) is 11.6. The van der Waals surface area contributed by atoms with Crippen molar-refractivity contribution >= 4 is 11.6 Å². The highest BCUT2D eigenvalue weighted by Crippen LogP contribution is 2.53. The average molecular weight is 287 g/mol. The predicted molar refractivity (Wildman–Crippen MR) is 82.9 cm³/mol. The molecule has 0 unspecified atom stereocenters. The van der Waals surface area contributed by atoms with E-state index in [1.165, 1.54) is 12.0 Å². The number of hydrogen-bond acceptors (Lipinski definition) is 2. The van der Waals surface area contributed by atoms with Crippen LogP contribution >= 0.6 is 11.6 Å². The molecule has 20 heavy (non-hydrogen) atoms. The number of rotatable bonds is 5. The van der Waals surface area contributed by atoms with Gasteiger partial charge in [0, 0.05) is 29.8 Å². The second-order valence-electron chi connectivity index (χ2n) is 5.48. The van der Waals surface area contributed by atoms with Crippen molar-refractivity contribution in [3.05, 3.63) is 64.9 Å². The van der Waals surface area contributed by atoms with Crippen LogP contribution in [0.4, 0.5) is 0 Å². The number of halogens is 1. The molecule has 1 N–H and O–H groups in total. The Labute approximate surface area is 125 Å². The molecular formula is C17H19ClN2. The second-order valence-corrected chi connectivity index (χ2v) is 5.84. The highest BCUT2D eigenvalue weighted by atomic mass is 35.5. The summed E-state index contributed by atoms with van der Waals surface area (Å²) in [7, 11) is 0. The molecule has 1 aromatic heterocycles. The van der Waals surface area contributed by atoms with E-state index in [4.69, 9.17) is 11.6 Å². The van der Waals surface area contributed by atoms with Crippen molar-refractivity contribution in [2.45, 2.75) is 37.8 Å². The van der Waals surface area contributed by atoms with E-state index in [2.05, 4.69) is 47.6 Å². The van der Waals surface area contributed by atoms with E-state index in [1.54, 1.807) is 6.20 Å². The first-order valence-corrected chi connectivity index (χ1v) is 7.52. The summed E-state index contributed by atoms with van der Waals surface area (Å²) < 4.78 is 0. The second kappa shape index (κ2) is 5.55. The number of benzene rings is 1. The Hall–Kier alpha value is -1.38. The van der Waals surface area contributed by atoms with Crippen molar-refractivity contribution in [1.82, 2.24) is 10.3 Å². The minimum atomic E-state index is 0.223. The molecule has 3 heteroatoms. The lowest BCUT2D eigenvalue weighted by Gasteiger charge is -2.18. The van der Waals surface area contributed by atoms with Gasteiger partial charge in [0.15, 0.2) is 0 Å². The topological polar surface area (TPSA) is 24.9 Å². The zero-order chi connectivity index (χ0) is 14.0. The lowest BCUT2D eigenvalue weighted by Crippen LogP contribution is -2.32. The molecule has 3 rings (SSSR count). The summed E-state index contributed by atoms with van der Waals surface area (Å²) in [6, 6.07) is 14.7. The molecule has 1 aliphatic rings. The number of nitrogens with one attached hydrogen (secondary N) is 1. The largest absolute Gasteiger partial charge is 0.306 e. The van der Waals surface area contributed by atoms with Crippen LogP contribution < -0.4 is 5.32 Å². The third-order valence-electron chi connectivity index (χ3n) is 4.38. The number of aromatic nitrogens is 1. The molecule has 1 saturated carbocycles. The van der Waals surface area contributed by atoms with E-state index in [9.17, 15) is 0 Å². The minimum absolute atomic E-state index is 0.223. The summed E-state index contributed by atoms with van der Waals surface area (Å²) in [4.78, 5) is 4.13. The van der Waals surface area contributed by atoms with Gasteiger partial charge in [-0.05, 0) is 24.5 Å². The van der Waals surface area contributed by atoms with Gasteiger partial charge in [0.25, 0.3) is 0 Å². The van der Waals surface area contributed by atoms with Crippen molar-refractivity contribution in [2.75, 3.05) is 0 Å². The fraction of sp³-hybridized carbons (Fsp3) is 0.353. The number of pyridine rings is 1. The molecule has 0 saturated heterocycles. The monoisotopic (exact) mass is 286 g/mol. The van der Waals surface area contributed by atoms with Crippen molar-refractivity contribution in [2.24, 2.45) is 0 Å². The van der Waals surface area contributed by atoms with Crippen LogP contribution in [0.15, 0.2) is 48.7 Å². The van der Waals surface area contributed by atoms with E-state index < -0.39 is 0 Å². The van der Waals surface area contributed by atoms with E-state index >= 15 is 0 Å². The Morgan fingerprint density at radius 3 is 2.75 bits per heavy atom. The highest BCUT2D eigenvalue weighted by Gasteiger charge is 2.52. The quantitative estimate of drug-likeness (QED) is 0.835. The van der Waals surface area contributed by atoms with Crippen LogP contribution in [-0.2, 0) is 6.54 Å². The minimum Gasteiger partial charge on any atom is -0.306 e. The number of hydrogen-bond donors (Lipinski definition) is 1. The fourth-order valence-corrected chi connectivity index (χ4v) is 3.15. The van der Waals surface area contributed by atoms with E-state index in [1.807, 2.05) is 12.1 Å². The van der Waals surface area contributed by atoms with Gasteiger partial charge in [-0.1, -0.05) is 54.9 Å². The van der Waals surface area contributed by atoms with Gasteiger partial charge in [-0.2, -0.15) is 0 Å². The van der Waals surface area contributed by atoms with Gasteiger partial charge in [-0.25, -0.2) is 4.98 Å². The maximum absolute atomic E-state index is 6.12. The van der Waals surface area contributed by atoms with Gasteiger partial charge in [0.2, 0.25) is 0 Å². The molecule has 0 radical (unpaired) electrons. The average Bonchev–Trinajstić information content (AvgIpc) is 3.23. The van der Waals surface area contributed by atoms with Crippen LogP contribution in [0.3, 0.4) is 0 Å². The first-order valence-electron chi connectivity index (χ1n) is 7.14. The summed E-state index contributed by atoms with van der Waals surface area (Å²) in [6.07, 6.45) is 4.06. The Morgan fingerprint density at radius 1 is 1.25 bits per heavy atom. The van der Waals surface area contributed by atoms with Crippen LogP contribution in [-0.4, -0.2) is 10.5 Å². The maximum Gasteiger partial charge on any atom is 0.133 e. The Kier molecular flexibility index (Phi) is 3.77. The van der Waals surface area contributed by atoms with E-state index in [-0.39, 0.29) is 5.54 Å². The van der Waals surface area contributed by atoms with Gasteiger partial charge in [-0.15, -0.1) is 0 Å². The van der Waals surface area contributed by atoms with Crippen molar-refractivity contribution in [1.29, 1.82) is 0 Å². The lowest BCUT2D eigenvalue weighted by atomic mass is 10.0. The summed E-state index contributed by atoms with van der Waals surface area (Å²) in [5.41, 5.74) is 2.72. The van der Waals surface area contributed by atoms with Gasteiger partial charge < -0.3 is 5.32 Å². The van der Waals surface area contributed by atoms with E-state index in [0.29, 0.717) is 11.1 Å². The maximum atomic E-state index is 6.12. The Bertz CT molecular complexity index is 585. The predicted octanol–water partition coefficient (Wildman–Crippen LogP) is 4.16. The van der Waals surface area contributed by atoms with Gasteiger partial charge in [0.1, 0.15) is 5.15 Å². The highest BCUT2D eigenvalue weighted by molar-refractivity contribution is 6.30.